The summed E-state index contributed by atoms with van der Waals surface area (Å²) in [7, 11) is 0. The maximum atomic E-state index is 9.11. The van der Waals surface area contributed by atoms with E-state index in [9.17, 15) is 0 Å². The van der Waals surface area contributed by atoms with Crippen molar-refractivity contribution in [3.05, 3.63) is 29.8 Å². The summed E-state index contributed by atoms with van der Waals surface area (Å²) in [5.41, 5.74) is 1.10. The van der Waals surface area contributed by atoms with Crippen LogP contribution in [-0.2, 0) is 0 Å². The van der Waals surface area contributed by atoms with Crippen molar-refractivity contribution in [1.82, 2.24) is 5.32 Å². The first kappa shape index (κ1) is 11.0. The molecular weight excluding hydrogens is 178 g/mol. The maximum absolute atomic E-state index is 9.11. The second-order valence-corrected chi connectivity index (χ2v) is 3.56. The predicted octanol–water partition coefficient (Wildman–Crippen LogP) is 1.42. The molecule has 0 aliphatic carbocycles. The zero-order chi connectivity index (χ0) is 10.6. The molecule has 2 atom stereocenters. The highest BCUT2D eigenvalue weighted by Crippen LogP contribution is 2.16. The molecule has 0 bridgehead atoms. The summed E-state index contributed by atoms with van der Waals surface area (Å²) in [6.07, 6.45) is 0. The fourth-order valence-corrected chi connectivity index (χ4v) is 1.34. The Bertz CT molecular complexity index is 271. The first-order chi connectivity index (χ1) is 6.63. The minimum atomic E-state index is 0.0822. The van der Waals surface area contributed by atoms with Crippen molar-refractivity contribution in [1.29, 1.82) is 0 Å². The van der Waals surface area contributed by atoms with Gasteiger partial charge in [-0.15, -0.1) is 0 Å². The minimum absolute atomic E-state index is 0.0822. The van der Waals surface area contributed by atoms with Crippen LogP contribution in [0.3, 0.4) is 0 Å². The van der Waals surface area contributed by atoms with Crippen molar-refractivity contribution < 1.29 is 10.2 Å². The van der Waals surface area contributed by atoms with Gasteiger partial charge in [0.2, 0.25) is 0 Å². The van der Waals surface area contributed by atoms with Crippen LogP contribution in [0.1, 0.15) is 25.5 Å². The molecule has 0 aliphatic heterocycles. The third-order valence-corrected chi connectivity index (χ3v) is 2.20. The van der Waals surface area contributed by atoms with Crippen LogP contribution in [0.25, 0.3) is 0 Å². The van der Waals surface area contributed by atoms with Crippen LogP contribution in [0.15, 0.2) is 24.3 Å². The number of phenols is 1. The van der Waals surface area contributed by atoms with Crippen molar-refractivity contribution in [3.8, 4) is 5.75 Å². The number of nitrogens with one attached hydrogen (secondary N) is 1. The number of aliphatic hydroxyl groups excluding tert-OH is 1. The third kappa shape index (κ3) is 3.01. The molecule has 0 fully saturated rings. The molecule has 3 N–H and O–H groups in total. The topological polar surface area (TPSA) is 52.5 Å². The average Bonchev–Trinajstić information content (AvgIpc) is 2.18. The molecule has 0 spiro atoms. The largest absolute Gasteiger partial charge is 0.508 e. The van der Waals surface area contributed by atoms with Crippen molar-refractivity contribution in [2.45, 2.75) is 25.9 Å². The zero-order valence-corrected chi connectivity index (χ0v) is 8.57. The lowest BCUT2D eigenvalue weighted by atomic mass is 10.1. The lowest BCUT2D eigenvalue weighted by Gasteiger charge is -2.18. The van der Waals surface area contributed by atoms with Crippen molar-refractivity contribution >= 4 is 0 Å². The molecule has 1 rings (SSSR count). The van der Waals surface area contributed by atoms with E-state index in [0.717, 1.165) is 5.56 Å². The fraction of sp³-hybridized carbons (Fsp3) is 0.455. The molecule has 78 valence electrons. The Labute approximate surface area is 84.4 Å². The van der Waals surface area contributed by atoms with Crippen LogP contribution < -0.4 is 5.32 Å². The lowest BCUT2D eigenvalue weighted by molar-refractivity contribution is 0.243. The van der Waals surface area contributed by atoms with E-state index in [4.69, 9.17) is 10.2 Å². The van der Waals surface area contributed by atoms with E-state index in [1.54, 1.807) is 12.1 Å². The van der Waals surface area contributed by atoms with Crippen LogP contribution in [0.2, 0.25) is 0 Å². The summed E-state index contributed by atoms with van der Waals surface area (Å²) in [5.74, 6) is 0.274. The highest BCUT2D eigenvalue weighted by Gasteiger charge is 2.07. The Hall–Kier alpha value is -1.06. The minimum Gasteiger partial charge on any atom is -0.508 e. The molecule has 0 saturated heterocycles. The van der Waals surface area contributed by atoms with E-state index in [0.29, 0.717) is 0 Å². The fourth-order valence-electron chi connectivity index (χ4n) is 1.34. The van der Waals surface area contributed by atoms with Gasteiger partial charge in [0.25, 0.3) is 0 Å². The zero-order valence-electron chi connectivity index (χ0n) is 8.57. The summed E-state index contributed by atoms with van der Waals surface area (Å²) in [5, 5.41) is 21.2. The van der Waals surface area contributed by atoms with Gasteiger partial charge in [0.1, 0.15) is 5.75 Å². The maximum Gasteiger partial charge on any atom is 0.115 e. The van der Waals surface area contributed by atoms with Crippen LogP contribution in [0.5, 0.6) is 5.75 Å². The van der Waals surface area contributed by atoms with Crippen molar-refractivity contribution in [2.24, 2.45) is 0 Å². The van der Waals surface area contributed by atoms with E-state index in [-0.39, 0.29) is 24.4 Å². The van der Waals surface area contributed by atoms with Crippen LogP contribution in [0.4, 0.5) is 0 Å². The molecule has 3 nitrogen and oxygen atoms in total. The predicted molar refractivity (Wildman–Crippen MR) is 56.2 cm³/mol. The molecule has 14 heavy (non-hydrogen) atoms. The first-order valence-electron chi connectivity index (χ1n) is 4.79. The second kappa shape index (κ2) is 4.98. The quantitative estimate of drug-likeness (QED) is 0.681. The standard InChI is InChI=1S/C11H17NO2/c1-8(7-13)12-9(2)10-3-5-11(14)6-4-10/h3-6,8-9,12-14H,7H2,1-2H3. The number of phenolic OH excluding ortho intramolecular Hbond substituents is 1. The van der Waals surface area contributed by atoms with Gasteiger partial charge in [-0.3, -0.25) is 0 Å². The number of hydrogen-bond acceptors (Lipinski definition) is 3. The van der Waals surface area contributed by atoms with Gasteiger partial charge < -0.3 is 15.5 Å². The Morgan fingerprint density at radius 2 is 1.79 bits per heavy atom. The van der Waals surface area contributed by atoms with Gasteiger partial charge in [-0.2, -0.15) is 0 Å². The average molecular weight is 195 g/mol. The molecule has 3 heteroatoms. The lowest BCUT2D eigenvalue weighted by Crippen LogP contribution is -2.31. The van der Waals surface area contributed by atoms with E-state index in [1.165, 1.54) is 0 Å². The molecule has 1 aromatic rings. The van der Waals surface area contributed by atoms with Crippen molar-refractivity contribution in [3.63, 3.8) is 0 Å². The summed E-state index contributed by atoms with van der Waals surface area (Å²) >= 11 is 0. The summed E-state index contributed by atoms with van der Waals surface area (Å²) in [6, 6.07) is 7.33. The smallest absolute Gasteiger partial charge is 0.115 e. The number of benzene rings is 1. The first-order valence-corrected chi connectivity index (χ1v) is 4.79. The molecule has 2 unspecified atom stereocenters. The molecule has 0 heterocycles. The Balaban J connectivity index is 2.60. The Morgan fingerprint density at radius 3 is 2.29 bits per heavy atom. The summed E-state index contributed by atoms with van der Waals surface area (Å²) < 4.78 is 0. The van der Waals surface area contributed by atoms with Gasteiger partial charge >= 0.3 is 0 Å². The van der Waals surface area contributed by atoms with Gasteiger partial charge in [0, 0.05) is 12.1 Å². The molecule has 0 saturated carbocycles. The molecule has 0 radical (unpaired) electrons. The summed E-state index contributed by atoms with van der Waals surface area (Å²) in [4.78, 5) is 0. The number of aromatic hydroxyl groups is 1. The van der Waals surface area contributed by atoms with E-state index < -0.39 is 0 Å². The van der Waals surface area contributed by atoms with E-state index >= 15 is 0 Å². The molecular formula is C11H17NO2. The highest BCUT2D eigenvalue weighted by molar-refractivity contribution is 5.27. The van der Waals surface area contributed by atoms with Gasteiger partial charge in [-0.05, 0) is 31.5 Å². The summed E-state index contributed by atoms with van der Waals surface area (Å²) in [6.45, 7) is 4.08. The number of hydrogen-bond donors (Lipinski definition) is 3. The third-order valence-electron chi connectivity index (χ3n) is 2.20. The van der Waals surface area contributed by atoms with Gasteiger partial charge in [0.05, 0.1) is 6.61 Å². The van der Waals surface area contributed by atoms with E-state index in [2.05, 4.69) is 5.32 Å². The SMILES string of the molecule is CC(CO)NC(C)c1ccc(O)cc1. The van der Waals surface area contributed by atoms with Crippen LogP contribution in [0, 0.1) is 0 Å². The van der Waals surface area contributed by atoms with Crippen molar-refractivity contribution in [2.75, 3.05) is 6.61 Å². The molecule has 0 aliphatic rings. The van der Waals surface area contributed by atoms with Gasteiger partial charge in [-0.25, -0.2) is 0 Å². The Kier molecular flexibility index (Phi) is 3.92. The van der Waals surface area contributed by atoms with Crippen LogP contribution >= 0.6 is 0 Å². The Morgan fingerprint density at radius 1 is 1.21 bits per heavy atom. The molecule has 0 amide bonds. The monoisotopic (exact) mass is 195 g/mol. The van der Waals surface area contributed by atoms with E-state index in [1.807, 2.05) is 26.0 Å². The number of aliphatic hydroxyl groups is 1. The molecule has 1 aromatic carbocycles. The second-order valence-electron chi connectivity index (χ2n) is 3.56. The van der Waals surface area contributed by atoms with Crippen LogP contribution in [-0.4, -0.2) is 22.9 Å². The number of rotatable bonds is 4. The van der Waals surface area contributed by atoms with Gasteiger partial charge in [0.15, 0.2) is 0 Å². The van der Waals surface area contributed by atoms with Gasteiger partial charge in [-0.1, -0.05) is 12.1 Å². The molecule has 0 aromatic heterocycles. The normalized spacial score (nSPS) is 15.1. The highest BCUT2D eigenvalue weighted by atomic mass is 16.3.